The number of carbonyl (C=O) groups excluding carboxylic acids is 2. The number of hydrogen-bond acceptors (Lipinski definition) is 3. The molecular weight excluding hydrogens is 206 g/mol. The minimum Gasteiger partial charge on any atom is -0.497 e. The van der Waals surface area contributed by atoms with E-state index in [9.17, 15) is 9.59 Å². The number of rotatable bonds is 4. The molecular formula is C12H13NO3. The van der Waals surface area contributed by atoms with Crippen molar-refractivity contribution in [3.05, 3.63) is 35.4 Å². The molecule has 1 N–H and O–H groups in total. The van der Waals surface area contributed by atoms with Crippen LogP contribution in [0.5, 0.6) is 5.75 Å². The average Bonchev–Trinajstić information content (AvgIpc) is 2.35. The Morgan fingerprint density at radius 3 is 2.50 bits per heavy atom. The third-order valence-electron chi connectivity index (χ3n) is 2.04. The van der Waals surface area contributed by atoms with E-state index in [1.54, 1.807) is 44.2 Å². The van der Waals surface area contributed by atoms with Gasteiger partial charge < -0.3 is 10.1 Å². The Hall–Kier alpha value is -2.06. The topological polar surface area (TPSA) is 55.4 Å². The summed E-state index contributed by atoms with van der Waals surface area (Å²) in [5.41, 5.74) is 0.987. The fourth-order valence-corrected chi connectivity index (χ4v) is 1.09. The van der Waals surface area contributed by atoms with E-state index in [4.69, 9.17) is 4.74 Å². The van der Waals surface area contributed by atoms with Crippen molar-refractivity contribution < 1.29 is 14.3 Å². The summed E-state index contributed by atoms with van der Waals surface area (Å²) in [7, 11) is 1.56. The van der Waals surface area contributed by atoms with Gasteiger partial charge in [0.1, 0.15) is 11.7 Å². The lowest BCUT2D eigenvalue weighted by Crippen LogP contribution is -2.25. The molecule has 0 bridgehead atoms. The van der Waals surface area contributed by atoms with Gasteiger partial charge in [-0.25, -0.2) is 4.79 Å². The standard InChI is InChI=1S/C12H13NO3/c1-9(8-14)7-13-12(15)10-3-5-11(16-2)6-4-10/h3-6H,7H2,1-2H3,(H,13,15). The van der Waals surface area contributed by atoms with Crippen LogP contribution in [0.4, 0.5) is 0 Å². The summed E-state index contributed by atoms with van der Waals surface area (Å²) in [6.07, 6.45) is 0. The van der Waals surface area contributed by atoms with Crippen molar-refractivity contribution >= 4 is 11.8 Å². The van der Waals surface area contributed by atoms with Gasteiger partial charge in [0.2, 0.25) is 0 Å². The lowest BCUT2D eigenvalue weighted by molar-refractivity contribution is 0.0957. The Kier molecular flexibility index (Phi) is 4.30. The molecule has 0 aromatic heterocycles. The molecule has 0 saturated carbocycles. The van der Waals surface area contributed by atoms with Crippen LogP contribution in [0.2, 0.25) is 0 Å². The van der Waals surface area contributed by atoms with Crippen molar-refractivity contribution in [3.8, 4) is 5.75 Å². The summed E-state index contributed by atoms with van der Waals surface area (Å²) >= 11 is 0. The fraction of sp³-hybridized carbons (Fsp3) is 0.250. The van der Waals surface area contributed by atoms with Crippen LogP contribution >= 0.6 is 0 Å². The molecule has 0 fully saturated rings. The van der Waals surface area contributed by atoms with E-state index in [-0.39, 0.29) is 12.5 Å². The summed E-state index contributed by atoms with van der Waals surface area (Å²) in [6, 6.07) is 6.73. The number of nitrogens with one attached hydrogen (secondary N) is 1. The second-order valence-electron chi connectivity index (χ2n) is 3.29. The van der Waals surface area contributed by atoms with Crippen LogP contribution in [0.1, 0.15) is 17.3 Å². The van der Waals surface area contributed by atoms with E-state index >= 15 is 0 Å². The molecule has 0 unspecified atom stereocenters. The highest BCUT2D eigenvalue weighted by Gasteiger charge is 2.04. The van der Waals surface area contributed by atoms with Gasteiger partial charge in [-0.05, 0) is 31.2 Å². The zero-order valence-electron chi connectivity index (χ0n) is 9.24. The molecule has 0 saturated heterocycles. The summed E-state index contributed by atoms with van der Waals surface area (Å²) < 4.78 is 4.98. The molecule has 0 atom stereocenters. The van der Waals surface area contributed by atoms with Gasteiger partial charge >= 0.3 is 0 Å². The monoisotopic (exact) mass is 219 g/mol. The minimum atomic E-state index is -0.225. The van der Waals surface area contributed by atoms with Crippen LogP contribution in [0, 0.1) is 0 Å². The Morgan fingerprint density at radius 2 is 2.00 bits per heavy atom. The van der Waals surface area contributed by atoms with Gasteiger partial charge in [-0.2, -0.15) is 0 Å². The van der Waals surface area contributed by atoms with Crippen LogP contribution in [0.3, 0.4) is 0 Å². The number of benzene rings is 1. The summed E-state index contributed by atoms with van der Waals surface area (Å²) in [6.45, 7) is 1.83. The molecule has 1 rings (SSSR count). The Balaban J connectivity index is 2.62. The van der Waals surface area contributed by atoms with E-state index in [0.29, 0.717) is 16.9 Å². The molecule has 84 valence electrons. The fourth-order valence-electron chi connectivity index (χ4n) is 1.09. The molecule has 16 heavy (non-hydrogen) atoms. The van der Waals surface area contributed by atoms with E-state index < -0.39 is 0 Å². The molecule has 1 aromatic rings. The first-order valence-corrected chi connectivity index (χ1v) is 4.80. The molecule has 0 aliphatic heterocycles. The number of hydrogen-bond donors (Lipinski definition) is 1. The van der Waals surface area contributed by atoms with Crippen molar-refractivity contribution in [3.63, 3.8) is 0 Å². The first-order valence-electron chi connectivity index (χ1n) is 4.80. The van der Waals surface area contributed by atoms with Crippen LogP contribution in [0.25, 0.3) is 0 Å². The summed E-state index contributed by atoms with van der Waals surface area (Å²) in [4.78, 5) is 21.8. The van der Waals surface area contributed by atoms with Crippen molar-refractivity contribution in [2.75, 3.05) is 13.7 Å². The molecule has 0 aliphatic carbocycles. The van der Waals surface area contributed by atoms with E-state index in [2.05, 4.69) is 5.32 Å². The minimum absolute atomic E-state index is 0.217. The highest BCUT2D eigenvalue weighted by Crippen LogP contribution is 2.10. The normalized spacial score (nSPS) is 9.12. The zero-order chi connectivity index (χ0) is 12.0. The van der Waals surface area contributed by atoms with E-state index in [1.807, 2.05) is 0 Å². The van der Waals surface area contributed by atoms with Crippen LogP contribution < -0.4 is 10.1 Å². The second-order valence-corrected chi connectivity index (χ2v) is 3.29. The number of ether oxygens (including phenoxy) is 1. The number of amides is 1. The third-order valence-corrected chi connectivity index (χ3v) is 2.04. The lowest BCUT2D eigenvalue weighted by Gasteiger charge is -2.04. The molecule has 0 spiro atoms. The van der Waals surface area contributed by atoms with Crippen molar-refractivity contribution in [2.45, 2.75) is 6.92 Å². The summed E-state index contributed by atoms with van der Waals surface area (Å²) in [5.74, 6) is 2.19. The Labute approximate surface area is 93.9 Å². The maximum atomic E-state index is 11.6. The van der Waals surface area contributed by atoms with Crippen molar-refractivity contribution in [1.82, 2.24) is 5.32 Å². The quantitative estimate of drug-likeness (QED) is 0.774. The molecule has 1 aromatic carbocycles. The lowest BCUT2D eigenvalue weighted by atomic mass is 10.2. The van der Waals surface area contributed by atoms with Crippen molar-refractivity contribution in [1.29, 1.82) is 0 Å². The molecule has 0 radical (unpaired) electrons. The van der Waals surface area contributed by atoms with E-state index in [0.717, 1.165) is 0 Å². The highest BCUT2D eigenvalue weighted by atomic mass is 16.5. The van der Waals surface area contributed by atoms with Gasteiger partial charge in [-0.3, -0.25) is 4.79 Å². The third kappa shape index (κ3) is 3.26. The smallest absolute Gasteiger partial charge is 0.251 e. The zero-order valence-corrected chi connectivity index (χ0v) is 9.24. The van der Waals surface area contributed by atoms with Crippen molar-refractivity contribution in [2.24, 2.45) is 0 Å². The average molecular weight is 219 g/mol. The summed E-state index contributed by atoms with van der Waals surface area (Å²) in [5, 5.41) is 2.61. The highest BCUT2D eigenvalue weighted by molar-refractivity contribution is 5.94. The first-order chi connectivity index (χ1) is 7.67. The Bertz CT molecular complexity index is 416. The van der Waals surface area contributed by atoms with Gasteiger partial charge in [0.15, 0.2) is 0 Å². The van der Waals surface area contributed by atoms with Gasteiger partial charge in [-0.1, -0.05) is 0 Å². The number of methoxy groups -OCH3 is 1. The maximum absolute atomic E-state index is 11.6. The molecule has 4 nitrogen and oxygen atoms in total. The van der Waals surface area contributed by atoms with E-state index in [1.165, 1.54) is 0 Å². The Morgan fingerprint density at radius 1 is 1.38 bits per heavy atom. The molecule has 4 heteroatoms. The van der Waals surface area contributed by atoms with Crippen LogP contribution in [-0.4, -0.2) is 25.5 Å². The first kappa shape index (κ1) is 12.0. The van der Waals surface area contributed by atoms with Gasteiger partial charge in [0.05, 0.1) is 7.11 Å². The molecule has 0 aliphatic rings. The SMILES string of the molecule is COc1ccc(C(=O)NCC(C)=C=O)cc1. The second kappa shape index (κ2) is 5.73. The van der Waals surface area contributed by atoms with Gasteiger partial charge in [0.25, 0.3) is 5.91 Å². The predicted molar refractivity (Wildman–Crippen MR) is 60.2 cm³/mol. The van der Waals surface area contributed by atoms with Crippen LogP contribution in [-0.2, 0) is 4.79 Å². The number of carbonyl (C=O) groups is 1. The largest absolute Gasteiger partial charge is 0.497 e. The molecule has 0 heterocycles. The molecule has 1 amide bonds. The van der Waals surface area contributed by atoms with Gasteiger partial charge in [0, 0.05) is 17.7 Å². The predicted octanol–water partition coefficient (Wildman–Crippen LogP) is 1.20. The van der Waals surface area contributed by atoms with Crippen LogP contribution in [0.15, 0.2) is 29.8 Å². The van der Waals surface area contributed by atoms with Gasteiger partial charge in [-0.15, -0.1) is 0 Å². The maximum Gasteiger partial charge on any atom is 0.251 e.